The van der Waals surface area contributed by atoms with Crippen molar-refractivity contribution >= 4 is 22.1 Å². The van der Waals surface area contributed by atoms with Crippen LogP contribution in [0.15, 0.2) is 77.3 Å². The van der Waals surface area contributed by atoms with E-state index in [0.717, 1.165) is 44.4 Å². The fourth-order valence-electron chi connectivity index (χ4n) is 3.71. The summed E-state index contributed by atoms with van der Waals surface area (Å²) in [5.74, 6) is 0.0483. The molecule has 0 aliphatic carbocycles. The van der Waals surface area contributed by atoms with Gasteiger partial charge in [-0.2, -0.15) is 0 Å². The first-order valence-corrected chi connectivity index (χ1v) is 9.65. The van der Waals surface area contributed by atoms with Gasteiger partial charge in [-0.1, -0.05) is 44.2 Å². The molecule has 0 spiro atoms. The van der Waals surface area contributed by atoms with Crippen LogP contribution in [0.2, 0.25) is 0 Å². The summed E-state index contributed by atoms with van der Waals surface area (Å²) in [6, 6.07) is 20.5. The minimum atomic E-state index is -0.273. The predicted molar refractivity (Wildman–Crippen MR) is 114 cm³/mol. The van der Waals surface area contributed by atoms with E-state index in [2.05, 4.69) is 24.9 Å². The van der Waals surface area contributed by atoms with Gasteiger partial charge in [0.15, 0.2) is 0 Å². The standard InChI is InChI=1S/C25H19FN2O/c1-15(2)22-12-11-20-19-8-4-9-21(24(19)29-25(20)28-22)23-18(10-5-13-27-23)16-6-3-7-17(26)14-16/h3-15H,1-2H3. The molecular weight excluding hydrogens is 363 g/mol. The van der Waals surface area contributed by atoms with E-state index in [1.807, 2.05) is 42.5 Å². The maximum atomic E-state index is 13.8. The number of hydrogen-bond acceptors (Lipinski definition) is 3. The van der Waals surface area contributed by atoms with Gasteiger partial charge in [-0.05, 0) is 47.9 Å². The van der Waals surface area contributed by atoms with Crippen LogP contribution in [0.4, 0.5) is 4.39 Å². The van der Waals surface area contributed by atoms with Crippen LogP contribution in [0.1, 0.15) is 25.5 Å². The fraction of sp³-hybridized carbons (Fsp3) is 0.120. The number of pyridine rings is 2. The number of furan rings is 1. The Balaban J connectivity index is 1.77. The normalized spacial score (nSPS) is 11.6. The van der Waals surface area contributed by atoms with Gasteiger partial charge in [0.25, 0.3) is 0 Å². The van der Waals surface area contributed by atoms with Gasteiger partial charge in [-0.3, -0.25) is 4.98 Å². The topological polar surface area (TPSA) is 38.9 Å². The van der Waals surface area contributed by atoms with Crippen molar-refractivity contribution in [3.63, 3.8) is 0 Å². The van der Waals surface area contributed by atoms with Gasteiger partial charge in [-0.15, -0.1) is 0 Å². The molecule has 5 aromatic rings. The highest BCUT2D eigenvalue weighted by Crippen LogP contribution is 2.38. The summed E-state index contributed by atoms with van der Waals surface area (Å²) in [4.78, 5) is 9.32. The van der Waals surface area contributed by atoms with Crippen LogP contribution in [0.3, 0.4) is 0 Å². The van der Waals surface area contributed by atoms with Crippen LogP contribution in [-0.4, -0.2) is 9.97 Å². The fourth-order valence-corrected chi connectivity index (χ4v) is 3.71. The van der Waals surface area contributed by atoms with Crippen LogP contribution in [0.5, 0.6) is 0 Å². The van der Waals surface area contributed by atoms with Crippen molar-refractivity contribution in [2.45, 2.75) is 19.8 Å². The number of benzene rings is 2. The number of fused-ring (bicyclic) bond motifs is 3. The number of halogens is 1. The van der Waals surface area contributed by atoms with Gasteiger partial charge < -0.3 is 4.42 Å². The molecule has 0 fully saturated rings. The molecule has 3 nitrogen and oxygen atoms in total. The lowest BCUT2D eigenvalue weighted by molar-refractivity contribution is 0.628. The average molecular weight is 382 g/mol. The monoisotopic (exact) mass is 382 g/mol. The van der Waals surface area contributed by atoms with E-state index >= 15 is 0 Å². The van der Waals surface area contributed by atoms with Gasteiger partial charge in [-0.25, -0.2) is 9.37 Å². The number of aromatic nitrogens is 2. The minimum Gasteiger partial charge on any atom is -0.437 e. The van der Waals surface area contributed by atoms with Crippen molar-refractivity contribution in [1.82, 2.24) is 9.97 Å². The van der Waals surface area contributed by atoms with Gasteiger partial charge in [0.1, 0.15) is 11.4 Å². The minimum absolute atomic E-state index is 0.273. The summed E-state index contributed by atoms with van der Waals surface area (Å²) in [5, 5.41) is 1.98. The molecule has 0 unspecified atom stereocenters. The molecular formula is C25H19FN2O. The van der Waals surface area contributed by atoms with Crippen LogP contribution in [0, 0.1) is 5.82 Å². The zero-order chi connectivity index (χ0) is 20.0. The summed E-state index contributed by atoms with van der Waals surface area (Å²) in [5.41, 5.74) is 5.63. The number of rotatable bonds is 3. The van der Waals surface area contributed by atoms with E-state index in [1.54, 1.807) is 12.3 Å². The molecule has 0 aliphatic rings. The maximum Gasteiger partial charge on any atom is 0.227 e. The molecule has 0 saturated carbocycles. The second-order valence-corrected chi connectivity index (χ2v) is 7.44. The third-order valence-corrected chi connectivity index (χ3v) is 5.18. The first-order valence-electron chi connectivity index (χ1n) is 9.65. The third kappa shape index (κ3) is 2.97. The Labute approximate surface area is 167 Å². The highest BCUT2D eigenvalue weighted by Gasteiger charge is 2.17. The highest BCUT2D eigenvalue weighted by molar-refractivity contribution is 6.09. The number of nitrogens with zero attached hydrogens (tertiary/aromatic N) is 2. The Hall–Kier alpha value is -3.53. The summed E-state index contributed by atoms with van der Waals surface area (Å²) < 4.78 is 20.1. The van der Waals surface area contributed by atoms with Crippen LogP contribution < -0.4 is 0 Å². The SMILES string of the molecule is CC(C)c1ccc2c(n1)oc1c(-c3ncccc3-c3cccc(F)c3)cccc12. The van der Waals surface area contributed by atoms with Crippen molar-refractivity contribution in [3.05, 3.63) is 84.4 Å². The van der Waals surface area contributed by atoms with Crippen LogP contribution >= 0.6 is 0 Å². The maximum absolute atomic E-state index is 13.8. The van der Waals surface area contributed by atoms with Crippen molar-refractivity contribution in [3.8, 4) is 22.4 Å². The molecule has 29 heavy (non-hydrogen) atoms. The van der Waals surface area contributed by atoms with Crippen molar-refractivity contribution in [2.75, 3.05) is 0 Å². The Morgan fingerprint density at radius 3 is 2.52 bits per heavy atom. The van der Waals surface area contributed by atoms with Gasteiger partial charge in [0.2, 0.25) is 5.71 Å². The zero-order valence-electron chi connectivity index (χ0n) is 16.2. The zero-order valence-corrected chi connectivity index (χ0v) is 16.2. The molecule has 4 heteroatoms. The predicted octanol–water partition coefficient (Wildman–Crippen LogP) is 6.97. The molecule has 142 valence electrons. The van der Waals surface area contributed by atoms with Crippen molar-refractivity contribution < 1.29 is 8.81 Å². The molecule has 5 rings (SSSR count). The summed E-state index contributed by atoms with van der Waals surface area (Å²) >= 11 is 0. The number of hydrogen-bond donors (Lipinski definition) is 0. The van der Waals surface area contributed by atoms with Crippen LogP contribution in [-0.2, 0) is 0 Å². The van der Waals surface area contributed by atoms with Crippen molar-refractivity contribution in [1.29, 1.82) is 0 Å². The van der Waals surface area contributed by atoms with Crippen LogP contribution in [0.25, 0.3) is 44.5 Å². The molecule has 0 bridgehead atoms. The van der Waals surface area contributed by atoms with Gasteiger partial charge in [0.05, 0.1) is 5.69 Å². The Morgan fingerprint density at radius 1 is 0.862 bits per heavy atom. The molecule has 0 aliphatic heterocycles. The second-order valence-electron chi connectivity index (χ2n) is 7.44. The number of para-hydroxylation sites is 1. The lowest BCUT2D eigenvalue weighted by Crippen LogP contribution is -1.90. The van der Waals surface area contributed by atoms with E-state index in [9.17, 15) is 4.39 Å². The molecule has 2 aromatic carbocycles. The lowest BCUT2D eigenvalue weighted by Gasteiger charge is -2.09. The van der Waals surface area contributed by atoms with E-state index < -0.39 is 0 Å². The summed E-state index contributed by atoms with van der Waals surface area (Å²) in [6.07, 6.45) is 1.74. The molecule has 3 aromatic heterocycles. The molecule has 0 atom stereocenters. The molecule has 0 amide bonds. The average Bonchev–Trinajstić information content (AvgIpc) is 3.11. The van der Waals surface area contributed by atoms with Crippen molar-refractivity contribution in [2.24, 2.45) is 0 Å². The molecule has 3 heterocycles. The van der Waals surface area contributed by atoms with E-state index in [0.29, 0.717) is 11.6 Å². The lowest BCUT2D eigenvalue weighted by atomic mass is 9.98. The van der Waals surface area contributed by atoms with E-state index in [4.69, 9.17) is 9.40 Å². The Bertz CT molecular complexity index is 1350. The Kier molecular flexibility index (Phi) is 4.13. The smallest absolute Gasteiger partial charge is 0.227 e. The summed E-state index contributed by atoms with van der Waals surface area (Å²) in [6.45, 7) is 4.23. The first-order chi connectivity index (χ1) is 14.1. The second kappa shape index (κ2) is 6.82. The van der Waals surface area contributed by atoms with Gasteiger partial charge >= 0.3 is 0 Å². The molecule has 0 N–H and O–H groups in total. The van der Waals surface area contributed by atoms with E-state index in [1.165, 1.54) is 12.1 Å². The highest BCUT2D eigenvalue weighted by atomic mass is 19.1. The first kappa shape index (κ1) is 17.6. The third-order valence-electron chi connectivity index (χ3n) is 5.18. The van der Waals surface area contributed by atoms with E-state index in [-0.39, 0.29) is 5.82 Å². The largest absolute Gasteiger partial charge is 0.437 e. The summed E-state index contributed by atoms with van der Waals surface area (Å²) in [7, 11) is 0. The molecule has 0 saturated heterocycles. The molecule has 0 radical (unpaired) electrons. The Morgan fingerprint density at radius 2 is 1.69 bits per heavy atom. The quantitative estimate of drug-likeness (QED) is 0.338. The van der Waals surface area contributed by atoms with Gasteiger partial charge in [0, 0.05) is 33.8 Å².